The van der Waals surface area contributed by atoms with E-state index in [4.69, 9.17) is 56.8 Å². The van der Waals surface area contributed by atoms with Gasteiger partial charge in [-0.25, -0.2) is 0 Å². The Morgan fingerprint density at radius 2 is 0.432 bits per heavy atom. The number of hydrogen-bond donors (Lipinski definition) is 24. The minimum absolute atomic E-state index is 0. The Hall–Kier alpha value is -6.96. The molecule has 0 aromatic rings. The molecule has 6 rings (SSSR count). The molecule has 6 aliphatic rings. The summed E-state index contributed by atoms with van der Waals surface area (Å²) < 4.78 is 64.5. The molecule has 0 spiro atoms. The van der Waals surface area contributed by atoms with Crippen LogP contribution in [0.25, 0.3) is 0 Å². The van der Waals surface area contributed by atoms with Gasteiger partial charge in [-0.3, -0.25) is 57.5 Å². The fraction of sp³-hybridized carbons (Fsp3) is 0.864. The number of nitrogens with zero attached hydrogens (tertiary/aromatic N) is 3. The first-order valence-corrected chi connectivity index (χ1v) is 47.1. The topological polar surface area (TPSA) is 762 Å². The van der Waals surface area contributed by atoms with E-state index in [1.807, 2.05) is 6.92 Å². The van der Waals surface area contributed by atoms with Crippen molar-refractivity contribution in [3.63, 3.8) is 0 Å². The van der Waals surface area contributed by atoms with E-state index < -0.39 is 252 Å². The van der Waals surface area contributed by atoms with E-state index in [9.17, 15) is 149 Å². The normalized spacial score (nSPS) is 31.0. The van der Waals surface area contributed by atoms with Gasteiger partial charge in [0, 0.05) is 97.1 Å². The van der Waals surface area contributed by atoms with Crippen LogP contribution in [0.1, 0.15) is 185 Å². The molecule has 30 atom stereocenters. The van der Waals surface area contributed by atoms with Crippen LogP contribution in [0.3, 0.4) is 0 Å². The third-order valence-electron chi connectivity index (χ3n) is 23.0. The molecule has 139 heavy (non-hydrogen) atoms. The summed E-state index contributed by atoms with van der Waals surface area (Å²) in [5.74, 6) is -4.62. The number of aliphatic hydroxyl groups is 18. The van der Waals surface area contributed by atoms with E-state index in [2.05, 4.69) is 31.9 Å². The van der Waals surface area contributed by atoms with Gasteiger partial charge in [-0.2, -0.15) is 0 Å². The second kappa shape index (κ2) is 66.9. The summed E-state index contributed by atoms with van der Waals surface area (Å²) in [7, 11) is 0. The van der Waals surface area contributed by atoms with Gasteiger partial charge in [0.1, 0.15) is 142 Å². The van der Waals surface area contributed by atoms with E-state index in [-0.39, 0.29) is 173 Å². The highest BCUT2D eigenvalue weighted by molar-refractivity contribution is 5.92. The number of ether oxygens (including phenoxy) is 12. The van der Waals surface area contributed by atoms with Gasteiger partial charge in [0.15, 0.2) is 49.3 Å². The molecule has 0 saturated carbocycles. The van der Waals surface area contributed by atoms with Gasteiger partial charge in [-0.05, 0) is 113 Å². The number of rotatable bonds is 57. The Kier molecular flexibility index (Phi) is 60.7. The average Bonchev–Trinajstić information content (AvgIpc) is 0.838. The van der Waals surface area contributed by atoms with Crippen LogP contribution in [0.4, 0.5) is 0 Å². The molecule has 6 saturated heterocycles. The molecule has 0 unspecified atom stereocenters. The lowest BCUT2D eigenvalue weighted by molar-refractivity contribution is -0.293. The van der Waals surface area contributed by atoms with Crippen molar-refractivity contribution in [3.8, 4) is 0 Å². The average molecular weight is 2010 g/mol. The quantitative estimate of drug-likeness (QED) is 0.0252. The number of hydrogen-bond acceptors (Lipinski definition) is 42. The Bertz CT molecular complexity index is 3110. The van der Waals surface area contributed by atoms with E-state index in [1.54, 1.807) is 13.8 Å². The zero-order valence-corrected chi connectivity index (χ0v) is 80.0. The zero-order chi connectivity index (χ0) is 103. The van der Waals surface area contributed by atoms with E-state index >= 15 is 0 Å². The van der Waals surface area contributed by atoms with E-state index in [0.29, 0.717) is 64.5 Å². The molecule has 0 bridgehead atoms. The molecule has 6 aliphatic heterocycles. The summed E-state index contributed by atoms with van der Waals surface area (Å²) in [6.45, 7) is 12.3. The SMILES string of the molecule is C.CCCC(=O)CCCCC(=O)N(CC(=O)NCCO[C@@H]1O[C@@H](C)[C@@H](O)[C@@H](O)[C@@H]1O)CC(=O)NCCO[C@@H]1O[C@@H](C)[C@@H](O)[C@@H](O)[C@@H]1O.CCNC(=O)CCCCC(=O)N(CC(=O)CCCO[C@@H]1O[C@@H](C)[C@@H](O)[C@@H](O)[C@@H]1O)CC(=O)CCCO[C@@H]1O[C@@H](C)[C@@H](O)[C@@H](O)[C@@H]1O.CCNC(=O)CCCCC(=O)N(CC(=O)NCCO[C@@H]1O[C@@H](C)[C@@H](O)[C@@H](O)[C@@H]1O)CC(=O)NCCO[C@@H]1O[C@@H](C)[C@@H](O)[C@@H](O)[C@@H]1O. The van der Waals surface area contributed by atoms with Gasteiger partial charge >= 0.3 is 0 Å². The van der Waals surface area contributed by atoms with Gasteiger partial charge in [-0.1, -0.05) is 14.4 Å². The molecular weight excluding hydrogens is 1850 g/mol. The second-order valence-electron chi connectivity index (χ2n) is 34.6. The molecule has 0 aromatic carbocycles. The predicted octanol–water partition coefficient (Wildman–Crippen LogP) is -9.37. The minimum Gasteiger partial charge on any atom is -0.388 e. The highest BCUT2D eigenvalue weighted by Gasteiger charge is 2.48. The van der Waals surface area contributed by atoms with Crippen LogP contribution >= 0.6 is 0 Å². The first-order chi connectivity index (χ1) is 65.3. The van der Waals surface area contributed by atoms with Gasteiger partial charge in [0.2, 0.25) is 53.2 Å². The smallest absolute Gasteiger partial charge is 0.239 e. The van der Waals surface area contributed by atoms with Crippen LogP contribution in [0.5, 0.6) is 0 Å². The monoisotopic (exact) mass is 2010 g/mol. The molecule has 0 aromatic heterocycles. The van der Waals surface area contributed by atoms with Crippen LogP contribution < -0.4 is 31.9 Å². The minimum atomic E-state index is -1.50. The highest BCUT2D eigenvalue weighted by atomic mass is 16.7. The van der Waals surface area contributed by atoms with Crippen LogP contribution in [0.15, 0.2) is 0 Å². The lowest BCUT2D eigenvalue weighted by Gasteiger charge is -2.38. The van der Waals surface area contributed by atoms with Crippen molar-refractivity contribution in [2.24, 2.45) is 0 Å². The van der Waals surface area contributed by atoms with E-state index in [0.717, 1.165) is 16.2 Å². The number of carbonyl (C=O) groups is 12. The van der Waals surface area contributed by atoms with Crippen LogP contribution in [-0.4, -0.2) is 480 Å². The molecule has 0 radical (unpaired) electrons. The Labute approximate surface area is 808 Å². The lowest BCUT2D eigenvalue weighted by Crippen LogP contribution is -2.57. The number of carbonyl (C=O) groups excluding carboxylic acids is 12. The molecule has 9 amide bonds. The number of nitrogens with one attached hydrogen (secondary N) is 6. The molecule has 6 heterocycles. The van der Waals surface area contributed by atoms with Crippen molar-refractivity contribution in [1.29, 1.82) is 0 Å². The van der Waals surface area contributed by atoms with Gasteiger partial charge < -0.3 is 195 Å². The van der Waals surface area contributed by atoms with Crippen molar-refractivity contribution >= 4 is 70.5 Å². The number of aliphatic hydroxyl groups excluding tert-OH is 18. The maximum Gasteiger partial charge on any atom is 0.239 e. The number of unbranched alkanes of at least 4 members (excludes halogenated alkanes) is 3. The van der Waals surface area contributed by atoms with Crippen molar-refractivity contribution in [2.75, 3.05) is 118 Å². The number of Topliss-reactive ketones (excluding diaryl/α,β-unsaturated/α-hetero) is 3. The Morgan fingerprint density at radius 1 is 0.230 bits per heavy atom. The van der Waals surface area contributed by atoms with Crippen LogP contribution in [0, 0.1) is 0 Å². The lowest BCUT2D eigenvalue weighted by atomic mass is 10.00. The summed E-state index contributed by atoms with van der Waals surface area (Å²) in [5.41, 5.74) is 0. The zero-order valence-electron chi connectivity index (χ0n) is 80.0. The largest absolute Gasteiger partial charge is 0.388 e. The van der Waals surface area contributed by atoms with Crippen molar-refractivity contribution in [3.05, 3.63) is 0 Å². The fourth-order valence-corrected chi connectivity index (χ4v) is 14.7. The summed E-state index contributed by atoms with van der Waals surface area (Å²) >= 11 is 0. The Morgan fingerprint density at radius 3 is 0.655 bits per heavy atom. The van der Waals surface area contributed by atoms with Gasteiger partial charge in [-0.15, -0.1) is 0 Å². The highest BCUT2D eigenvalue weighted by Crippen LogP contribution is 2.29. The number of ketones is 3. The maximum atomic E-state index is 13.0. The first kappa shape index (κ1) is 126. The molecular formula is C88H157N9O42. The number of amides is 9. The molecule has 6 fully saturated rings. The van der Waals surface area contributed by atoms with E-state index in [1.165, 1.54) is 46.4 Å². The maximum absolute atomic E-state index is 13.0. The standard InChI is InChI=1S/C30H52N2O14.C29H51N3O14.C28H50N4O14.CH4/c1-4-31-21(35)11-5-6-12-22(36)32(15-19(33)9-7-13-43-29-27(41)25(39)23(37)17(2)45-29)16-20(34)10-8-14-44-30-28(42)26(40)24(38)18(3)46-30;1-4-7-18(33)8-5-6-9-21(36)32(14-19(34)30-10-12-43-28-26(41)24(39)22(37)16(2)45-28)15-20(35)31-11-13-44-29-27(42)25(40)23(38)17(3)46-29;1-4-29-17(33)7-5-6-8-20(36)32(13-18(34)30-9-11-43-27-25(41)23(39)21(37)15(2)45-27)14-19(35)31-10-12-44-28-26(42)24(40)22(38)16(3)46-28;/h17-18,23-30,37-42H,4-16H2,1-3H3,(H,31,35);16-17,22-29,37-42H,4-15H2,1-3H3,(H,30,34)(H,31,35);15-16,21-28,37-42H,4-14H2,1-3H3,(H,29,33)(H,30,34)(H,31,35);1H4/t17-,18-,23+,24+,25+,26+,27-,28-,29+,30+;16-,17-,22+,23+,24+,25+,26-,27-,28+,29+;15-,16-,21+,22+,23+,24+,25-,26-,27+,28+;/m000./s1. The first-order valence-electron chi connectivity index (χ1n) is 47.1. The third-order valence-corrected chi connectivity index (χ3v) is 23.0. The van der Waals surface area contributed by atoms with Crippen molar-refractivity contribution in [2.45, 2.75) is 370 Å². The summed E-state index contributed by atoms with van der Waals surface area (Å²) in [6, 6.07) is 0. The Balaban J connectivity index is 0.000000534. The van der Waals surface area contributed by atoms with Crippen molar-refractivity contribution in [1.82, 2.24) is 46.6 Å². The van der Waals surface area contributed by atoms with Crippen LogP contribution in [0.2, 0.25) is 0 Å². The third kappa shape index (κ3) is 44.7. The summed E-state index contributed by atoms with van der Waals surface area (Å²) in [4.78, 5) is 153. The fourth-order valence-electron chi connectivity index (χ4n) is 14.7. The molecule has 51 nitrogen and oxygen atoms in total. The molecule has 24 N–H and O–H groups in total. The van der Waals surface area contributed by atoms with Crippen LogP contribution in [-0.2, 0) is 114 Å². The summed E-state index contributed by atoms with van der Waals surface area (Å²) in [6.07, 6.45) is -32.5. The molecule has 0 aliphatic carbocycles. The summed E-state index contributed by atoms with van der Waals surface area (Å²) in [5, 5.41) is 194. The van der Waals surface area contributed by atoms with Gasteiger partial charge in [0.25, 0.3) is 0 Å². The second-order valence-corrected chi connectivity index (χ2v) is 34.6. The predicted molar refractivity (Wildman–Crippen MR) is 480 cm³/mol. The van der Waals surface area contributed by atoms with Crippen molar-refractivity contribution < 1.29 is 206 Å². The molecule has 806 valence electrons. The van der Waals surface area contributed by atoms with Gasteiger partial charge in [0.05, 0.1) is 89.4 Å². The molecule has 51 heteroatoms.